The molecule has 1 unspecified atom stereocenters. The third kappa shape index (κ3) is 5.79. The van der Waals surface area contributed by atoms with E-state index in [4.69, 9.17) is 4.74 Å². The summed E-state index contributed by atoms with van der Waals surface area (Å²) in [7, 11) is 0. The molecule has 6 nitrogen and oxygen atoms in total. The lowest BCUT2D eigenvalue weighted by Gasteiger charge is -2.31. The molecule has 1 aliphatic heterocycles. The average molecular weight is 444 g/mol. The normalized spacial score (nSPS) is 14.4. The van der Waals surface area contributed by atoms with Crippen LogP contribution in [0.2, 0.25) is 0 Å². The summed E-state index contributed by atoms with van der Waals surface area (Å²) in [6, 6.07) is 24.1. The van der Waals surface area contributed by atoms with Crippen molar-refractivity contribution in [1.29, 1.82) is 0 Å². The van der Waals surface area contributed by atoms with Gasteiger partial charge in [0.15, 0.2) is 0 Å². The van der Waals surface area contributed by atoms with Gasteiger partial charge in [-0.1, -0.05) is 60.7 Å². The second-order valence-electron chi connectivity index (χ2n) is 8.14. The third-order valence-corrected chi connectivity index (χ3v) is 5.81. The van der Waals surface area contributed by atoms with Crippen LogP contribution in [0, 0.1) is 6.92 Å². The first-order chi connectivity index (χ1) is 16.1. The van der Waals surface area contributed by atoms with E-state index in [0.29, 0.717) is 25.2 Å². The van der Waals surface area contributed by atoms with E-state index < -0.39 is 6.04 Å². The number of morpholine rings is 1. The largest absolute Gasteiger partial charge is 0.378 e. The Morgan fingerprint density at radius 1 is 0.909 bits per heavy atom. The molecule has 1 saturated heterocycles. The number of benzene rings is 3. The molecule has 6 heteroatoms. The van der Waals surface area contributed by atoms with E-state index in [9.17, 15) is 9.59 Å². The Hall–Kier alpha value is -3.64. The number of aryl methyl sites for hydroxylation is 1. The number of carbonyl (C=O) groups is 2. The van der Waals surface area contributed by atoms with Crippen molar-refractivity contribution in [2.24, 2.45) is 0 Å². The van der Waals surface area contributed by atoms with Gasteiger partial charge >= 0.3 is 0 Å². The van der Waals surface area contributed by atoms with Crippen LogP contribution in [0.25, 0.3) is 0 Å². The Bertz CT molecular complexity index is 1090. The summed E-state index contributed by atoms with van der Waals surface area (Å²) >= 11 is 0. The van der Waals surface area contributed by atoms with Crippen LogP contribution in [0.1, 0.15) is 21.5 Å². The second kappa shape index (κ2) is 10.8. The molecule has 0 aromatic heterocycles. The molecular weight excluding hydrogens is 414 g/mol. The van der Waals surface area contributed by atoms with E-state index in [1.807, 2.05) is 79.7 Å². The van der Waals surface area contributed by atoms with E-state index in [1.165, 1.54) is 0 Å². The van der Waals surface area contributed by atoms with Crippen molar-refractivity contribution in [3.8, 4) is 0 Å². The highest BCUT2D eigenvalue weighted by molar-refractivity contribution is 6.03. The number of anilines is 2. The Labute approximate surface area is 194 Å². The van der Waals surface area contributed by atoms with Gasteiger partial charge in [-0.05, 0) is 36.2 Å². The fourth-order valence-electron chi connectivity index (χ4n) is 4.00. The molecule has 1 fully saturated rings. The van der Waals surface area contributed by atoms with Crippen LogP contribution < -0.4 is 15.5 Å². The molecule has 3 aromatic carbocycles. The Morgan fingerprint density at radius 2 is 1.58 bits per heavy atom. The zero-order valence-corrected chi connectivity index (χ0v) is 18.8. The predicted octanol–water partition coefficient (Wildman–Crippen LogP) is 3.81. The molecule has 1 atom stereocenters. The molecule has 3 aromatic rings. The van der Waals surface area contributed by atoms with Gasteiger partial charge in [-0.25, -0.2) is 0 Å². The Balaban J connectivity index is 1.56. The number of amides is 2. The van der Waals surface area contributed by atoms with Crippen LogP contribution in [-0.2, 0) is 16.0 Å². The third-order valence-electron chi connectivity index (χ3n) is 5.81. The molecule has 0 saturated carbocycles. The lowest BCUT2D eigenvalue weighted by Crippen LogP contribution is -2.45. The van der Waals surface area contributed by atoms with Gasteiger partial charge in [-0.3, -0.25) is 9.59 Å². The number of nitrogens with one attached hydrogen (secondary N) is 2. The van der Waals surface area contributed by atoms with Gasteiger partial charge in [-0.2, -0.15) is 0 Å². The first-order valence-corrected chi connectivity index (χ1v) is 11.2. The highest BCUT2D eigenvalue weighted by atomic mass is 16.5. The monoisotopic (exact) mass is 443 g/mol. The molecule has 4 rings (SSSR count). The summed E-state index contributed by atoms with van der Waals surface area (Å²) in [5.41, 5.74) is 4.10. The van der Waals surface area contributed by atoms with Crippen molar-refractivity contribution in [3.05, 3.63) is 95.6 Å². The maximum absolute atomic E-state index is 13.4. The van der Waals surface area contributed by atoms with Crippen LogP contribution in [0.5, 0.6) is 0 Å². The highest BCUT2D eigenvalue weighted by Crippen LogP contribution is 2.26. The van der Waals surface area contributed by atoms with E-state index in [-0.39, 0.29) is 11.8 Å². The lowest BCUT2D eigenvalue weighted by atomic mass is 10.0. The molecule has 1 aliphatic rings. The average Bonchev–Trinajstić information content (AvgIpc) is 2.85. The SMILES string of the molecule is Cc1ccccc1C(=O)NC(Cc1ccccc1)C(=O)Nc1ccccc1N1CCOCC1. The van der Waals surface area contributed by atoms with E-state index >= 15 is 0 Å². The van der Waals surface area contributed by atoms with Gasteiger partial charge in [0, 0.05) is 25.1 Å². The molecule has 0 radical (unpaired) electrons. The molecule has 2 amide bonds. The van der Waals surface area contributed by atoms with Crippen molar-refractivity contribution < 1.29 is 14.3 Å². The van der Waals surface area contributed by atoms with Gasteiger partial charge in [-0.15, -0.1) is 0 Å². The predicted molar refractivity (Wildman–Crippen MR) is 131 cm³/mol. The van der Waals surface area contributed by atoms with Crippen molar-refractivity contribution in [1.82, 2.24) is 5.32 Å². The zero-order chi connectivity index (χ0) is 23.0. The van der Waals surface area contributed by atoms with Gasteiger partial charge in [0.25, 0.3) is 5.91 Å². The minimum Gasteiger partial charge on any atom is -0.378 e. The van der Waals surface area contributed by atoms with E-state index in [2.05, 4.69) is 15.5 Å². The summed E-state index contributed by atoms with van der Waals surface area (Å²) in [6.45, 7) is 4.74. The number of ether oxygens (including phenoxy) is 1. The van der Waals surface area contributed by atoms with Crippen LogP contribution in [-0.4, -0.2) is 44.2 Å². The van der Waals surface area contributed by atoms with E-state index in [1.54, 1.807) is 6.07 Å². The molecule has 0 spiro atoms. The molecule has 2 N–H and O–H groups in total. The summed E-state index contributed by atoms with van der Waals surface area (Å²) in [5, 5.41) is 6.02. The first kappa shape index (κ1) is 22.6. The minimum atomic E-state index is -0.725. The van der Waals surface area contributed by atoms with Crippen molar-refractivity contribution in [2.75, 3.05) is 36.5 Å². The van der Waals surface area contributed by atoms with Gasteiger partial charge in [0.1, 0.15) is 6.04 Å². The molecule has 1 heterocycles. The van der Waals surface area contributed by atoms with Crippen molar-refractivity contribution in [2.45, 2.75) is 19.4 Å². The smallest absolute Gasteiger partial charge is 0.252 e. The van der Waals surface area contributed by atoms with Crippen molar-refractivity contribution in [3.63, 3.8) is 0 Å². The second-order valence-corrected chi connectivity index (χ2v) is 8.14. The Morgan fingerprint density at radius 3 is 2.33 bits per heavy atom. The number of hydrogen-bond donors (Lipinski definition) is 2. The Kier molecular flexibility index (Phi) is 7.37. The standard InChI is InChI=1S/C27H29N3O3/c1-20-9-5-6-12-22(20)26(31)29-24(19-21-10-3-2-4-11-21)27(32)28-23-13-7-8-14-25(23)30-15-17-33-18-16-30/h2-14,24H,15-19H2,1H3,(H,28,32)(H,29,31). The molecule has 170 valence electrons. The minimum absolute atomic E-state index is 0.249. The zero-order valence-electron chi connectivity index (χ0n) is 18.8. The van der Waals surface area contributed by atoms with Gasteiger partial charge < -0.3 is 20.3 Å². The quantitative estimate of drug-likeness (QED) is 0.583. The van der Waals surface area contributed by atoms with Crippen LogP contribution in [0.3, 0.4) is 0 Å². The summed E-state index contributed by atoms with van der Waals surface area (Å²) in [4.78, 5) is 28.7. The van der Waals surface area contributed by atoms with Crippen LogP contribution >= 0.6 is 0 Å². The maximum Gasteiger partial charge on any atom is 0.252 e. The lowest BCUT2D eigenvalue weighted by molar-refractivity contribution is -0.118. The maximum atomic E-state index is 13.4. The molecule has 0 aliphatic carbocycles. The van der Waals surface area contributed by atoms with E-state index in [0.717, 1.165) is 35.6 Å². The molecular formula is C27H29N3O3. The number of nitrogens with zero attached hydrogens (tertiary/aromatic N) is 1. The fourth-order valence-corrected chi connectivity index (χ4v) is 4.00. The molecule has 0 bridgehead atoms. The highest BCUT2D eigenvalue weighted by Gasteiger charge is 2.24. The molecule has 33 heavy (non-hydrogen) atoms. The summed E-state index contributed by atoms with van der Waals surface area (Å²) in [6.07, 6.45) is 0.393. The summed E-state index contributed by atoms with van der Waals surface area (Å²) in [5.74, 6) is -0.507. The van der Waals surface area contributed by atoms with Crippen molar-refractivity contribution >= 4 is 23.2 Å². The number of hydrogen-bond acceptors (Lipinski definition) is 4. The number of carbonyl (C=O) groups excluding carboxylic acids is 2. The first-order valence-electron chi connectivity index (χ1n) is 11.2. The number of para-hydroxylation sites is 2. The van der Waals surface area contributed by atoms with Gasteiger partial charge in [0.2, 0.25) is 5.91 Å². The fraction of sp³-hybridized carbons (Fsp3) is 0.259. The summed E-state index contributed by atoms with van der Waals surface area (Å²) < 4.78 is 5.47. The topological polar surface area (TPSA) is 70.7 Å². The van der Waals surface area contributed by atoms with Gasteiger partial charge in [0.05, 0.1) is 24.6 Å². The number of rotatable bonds is 7. The van der Waals surface area contributed by atoms with Crippen LogP contribution in [0.4, 0.5) is 11.4 Å². The van der Waals surface area contributed by atoms with Crippen LogP contribution in [0.15, 0.2) is 78.9 Å².